The summed E-state index contributed by atoms with van der Waals surface area (Å²) in [6.45, 7) is 15.6. The topological polar surface area (TPSA) is 76.1 Å². The Bertz CT molecular complexity index is 642. The molecule has 146 valence electrons. The number of hydrogen-bond acceptors (Lipinski definition) is 6. The first-order valence-corrected chi connectivity index (χ1v) is 12.4. The Balaban J connectivity index is 2.34. The summed E-state index contributed by atoms with van der Waals surface area (Å²) in [6, 6.07) is 0. The van der Waals surface area contributed by atoms with E-state index in [0.717, 1.165) is 0 Å². The zero-order chi connectivity index (χ0) is 19.9. The third-order valence-corrected chi connectivity index (χ3v) is 7.34. The van der Waals surface area contributed by atoms with Crippen LogP contribution in [0.15, 0.2) is 23.3 Å². The van der Waals surface area contributed by atoms with Crippen molar-refractivity contribution in [3.63, 3.8) is 0 Å². The molecule has 3 atom stereocenters. The number of aliphatic hydroxyl groups excluding tert-OH is 1. The number of esters is 1. The van der Waals surface area contributed by atoms with Crippen molar-refractivity contribution in [2.24, 2.45) is 11.3 Å². The van der Waals surface area contributed by atoms with Crippen molar-refractivity contribution in [3.8, 4) is 0 Å². The first-order valence-electron chi connectivity index (χ1n) is 8.79. The molecular formula is C18H29NO5SSi. The standard InChI is InChI=1S/C18H29NO5SSi/c1-8-9-23-16(22)13-11(10-20)25-15-12(14(21)19(13)15)18(5,17(2,3)4)24-26(6)7/h8,12,15,20,26H,1,9-10H2,2-7H3. The van der Waals surface area contributed by atoms with Gasteiger partial charge in [-0.05, 0) is 25.4 Å². The van der Waals surface area contributed by atoms with Crippen LogP contribution in [0, 0.1) is 11.3 Å². The van der Waals surface area contributed by atoms with Crippen molar-refractivity contribution < 1.29 is 23.9 Å². The van der Waals surface area contributed by atoms with Crippen molar-refractivity contribution in [2.45, 2.75) is 51.8 Å². The fourth-order valence-corrected chi connectivity index (χ4v) is 6.37. The quantitative estimate of drug-likeness (QED) is 0.306. The molecule has 2 aliphatic heterocycles. The molecule has 0 aromatic rings. The Hall–Kier alpha value is -1.09. The molecule has 1 fully saturated rings. The van der Waals surface area contributed by atoms with E-state index in [-0.39, 0.29) is 41.5 Å². The Labute approximate surface area is 161 Å². The predicted octanol–water partition coefficient (Wildman–Crippen LogP) is 2.26. The molecule has 1 saturated heterocycles. The van der Waals surface area contributed by atoms with Crippen LogP contribution in [0.1, 0.15) is 27.7 Å². The second-order valence-electron chi connectivity index (χ2n) is 8.04. The Morgan fingerprint density at radius 2 is 2.00 bits per heavy atom. The van der Waals surface area contributed by atoms with E-state index in [0.29, 0.717) is 4.91 Å². The number of carbonyl (C=O) groups excluding carboxylic acids is 2. The highest BCUT2D eigenvalue weighted by Crippen LogP contribution is 2.56. The van der Waals surface area contributed by atoms with E-state index in [1.54, 1.807) is 0 Å². The number of rotatable bonds is 7. The van der Waals surface area contributed by atoms with Gasteiger partial charge in [0, 0.05) is 4.91 Å². The molecular weight excluding hydrogens is 370 g/mol. The van der Waals surface area contributed by atoms with Gasteiger partial charge in [0.15, 0.2) is 9.04 Å². The zero-order valence-corrected chi connectivity index (χ0v) is 18.3. The number of ether oxygens (including phenoxy) is 1. The number of hydrogen-bond donors (Lipinski definition) is 1. The second-order valence-corrected chi connectivity index (χ2v) is 11.6. The van der Waals surface area contributed by atoms with E-state index >= 15 is 0 Å². The molecule has 0 aromatic carbocycles. The summed E-state index contributed by atoms with van der Waals surface area (Å²) in [6.07, 6.45) is 1.47. The average Bonchev–Trinajstić information content (AvgIpc) is 2.85. The van der Waals surface area contributed by atoms with Gasteiger partial charge in [-0.15, -0.1) is 0 Å². The second kappa shape index (κ2) is 7.50. The van der Waals surface area contributed by atoms with Crippen LogP contribution in [0.5, 0.6) is 0 Å². The minimum absolute atomic E-state index is 0.0591. The van der Waals surface area contributed by atoms with Gasteiger partial charge in [-0.3, -0.25) is 9.69 Å². The fraction of sp³-hybridized carbons (Fsp3) is 0.667. The lowest BCUT2D eigenvalue weighted by molar-refractivity contribution is -0.174. The first kappa shape index (κ1) is 21.2. The summed E-state index contributed by atoms with van der Waals surface area (Å²) < 4.78 is 11.5. The molecule has 1 amide bonds. The van der Waals surface area contributed by atoms with Crippen molar-refractivity contribution in [1.82, 2.24) is 4.90 Å². The molecule has 8 heteroatoms. The van der Waals surface area contributed by atoms with Crippen molar-refractivity contribution in [3.05, 3.63) is 23.3 Å². The molecule has 1 N–H and O–H groups in total. The maximum absolute atomic E-state index is 13.1. The van der Waals surface area contributed by atoms with E-state index < -0.39 is 20.6 Å². The highest BCUT2D eigenvalue weighted by Gasteiger charge is 2.65. The summed E-state index contributed by atoms with van der Waals surface area (Å²) in [4.78, 5) is 27.4. The van der Waals surface area contributed by atoms with E-state index in [2.05, 4.69) is 40.4 Å². The van der Waals surface area contributed by atoms with Crippen LogP contribution in [-0.2, 0) is 18.8 Å². The average molecular weight is 400 g/mol. The van der Waals surface area contributed by atoms with Gasteiger partial charge in [0.1, 0.15) is 17.7 Å². The van der Waals surface area contributed by atoms with Crippen LogP contribution in [0.4, 0.5) is 0 Å². The first-order chi connectivity index (χ1) is 12.0. The molecule has 2 rings (SSSR count). The number of carbonyl (C=O) groups is 2. The van der Waals surface area contributed by atoms with Gasteiger partial charge in [0.2, 0.25) is 5.91 Å². The molecule has 0 bridgehead atoms. The summed E-state index contributed by atoms with van der Waals surface area (Å²) >= 11 is 1.36. The Morgan fingerprint density at radius 1 is 1.38 bits per heavy atom. The molecule has 0 saturated carbocycles. The molecule has 2 heterocycles. The van der Waals surface area contributed by atoms with Crippen molar-refractivity contribution >= 4 is 32.7 Å². The fourth-order valence-electron chi connectivity index (χ4n) is 3.40. The van der Waals surface area contributed by atoms with Gasteiger partial charge >= 0.3 is 5.97 Å². The van der Waals surface area contributed by atoms with Crippen molar-refractivity contribution in [1.29, 1.82) is 0 Å². The van der Waals surface area contributed by atoms with Gasteiger partial charge in [0.25, 0.3) is 0 Å². The third-order valence-electron chi connectivity index (χ3n) is 5.04. The van der Waals surface area contributed by atoms with Gasteiger partial charge in [-0.1, -0.05) is 45.2 Å². The molecule has 26 heavy (non-hydrogen) atoms. The Kier molecular flexibility index (Phi) is 6.12. The summed E-state index contributed by atoms with van der Waals surface area (Å²) in [5.41, 5.74) is -0.758. The van der Waals surface area contributed by atoms with Crippen LogP contribution in [0.25, 0.3) is 0 Å². The van der Waals surface area contributed by atoms with Gasteiger partial charge in [0.05, 0.1) is 18.1 Å². The number of nitrogens with zero attached hydrogens (tertiary/aromatic N) is 1. The highest BCUT2D eigenvalue weighted by atomic mass is 32.2. The molecule has 0 aromatic heterocycles. The summed E-state index contributed by atoms with van der Waals surface area (Å²) in [5.74, 6) is -1.13. The summed E-state index contributed by atoms with van der Waals surface area (Å²) in [5, 5.41) is 9.43. The molecule has 3 unspecified atom stereocenters. The normalized spacial score (nSPS) is 25.1. The number of amides is 1. The lowest BCUT2D eigenvalue weighted by Crippen LogP contribution is -2.69. The zero-order valence-electron chi connectivity index (χ0n) is 16.4. The number of β-lactam (4-membered cyclic amide) rings is 1. The Morgan fingerprint density at radius 3 is 2.46 bits per heavy atom. The molecule has 0 spiro atoms. The highest BCUT2D eigenvalue weighted by molar-refractivity contribution is 8.04. The largest absolute Gasteiger partial charge is 0.457 e. The van der Waals surface area contributed by atoms with E-state index in [9.17, 15) is 14.7 Å². The summed E-state index contributed by atoms with van der Waals surface area (Å²) in [7, 11) is -1.42. The van der Waals surface area contributed by atoms with Crippen LogP contribution in [-0.4, -0.2) is 55.1 Å². The van der Waals surface area contributed by atoms with Gasteiger partial charge in [-0.25, -0.2) is 4.79 Å². The lowest BCUT2D eigenvalue weighted by atomic mass is 9.66. The van der Waals surface area contributed by atoms with Gasteiger partial charge in [-0.2, -0.15) is 0 Å². The van der Waals surface area contributed by atoms with Crippen LogP contribution in [0.2, 0.25) is 13.1 Å². The van der Waals surface area contributed by atoms with Crippen LogP contribution >= 0.6 is 11.8 Å². The molecule has 6 nitrogen and oxygen atoms in total. The predicted molar refractivity (Wildman–Crippen MR) is 105 cm³/mol. The molecule has 0 aliphatic carbocycles. The number of aliphatic hydroxyl groups is 1. The lowest BCUT2D eigenvalue weighted by Gasteiger charge is -2.56. The number of thioether (sulfide) groups is 1. The monoisotopic (exact) mass is 399 g/mol. The van der Waals surface area contributed by atoms with Gasteiger partial charge < -0.3 is 14.3 Å². The van der Waals surface area contributed by atoms with E-state index in [1.165, 1.54) is 22.7 Å². The maximum Gasteiger partial charge on any atom is 0.356 e. The minimum atomic E-state index is -1.42. The SMILES string of the molecule is C=CCOC(=O)C1=C(CO)SC2C(C(C)(O[SiH](C)C)C(C)(C)C)C(=O)N12. The maximum atomic E-state index is 13.1. The number of fused-ring (bicyclic) bond motifs is 1. The van der Waals surface area contributed by atoms with E-state index in [4.69, 9.17) is 9.16 Å². The smallest absolute Gasteiger partial charge is 0.356 e. The third kappa shape index (κ3) is 3.39. The molecule has 0 radical (unpaired) electrons. The van der Waals surface area contributed by atoms with Crippen LogP contribution in [0.3, 0.4) is 0 Å². The van der Waals surface area contributed by atoms with Crippen LogP contribution < -0.4 is 0 Å². The van der Waals surface area contributed by atoms with E-state index in [1.807, 2.05) is 6.92 Å². The minimum Gasteiger partial charge on any atom is -0.457 e. The molecule has 2 aliphatic rings. The van der Waals surface area contributed by atoms with Crippen molar-refractivity contribution in [2.75, 3.05) is 13.2 Å².